The minimum atomic E-state index is -1.16. The van der Waals surface area contributed by atoms with Gasteiger partial charge in [0.25, 0.3) is 0 Å². The first kappa shape index (κ1) is 71.8. The number of carbonyl (C=O) groups is 9. The standard InChI is InChI=1S/C56H97N17O10/c1-66-51(81)37(14-8-28-67-54(60)61)33-47(77)43(15-4-7-27-59)72-52(82)38(12-2-5-25-57)34-46(76)42(17-10-30-69-56(64)65)70-49(79)24-23-45(75)41(16-9-29-68-55(62)63)71-53(83)39(13-3-6-26-58)35-48(78)44-18-11-31-73(44)50(80)32-36-19-21-40(74)22-20-36/h19-22,37-39,41-44,74H,2-18,23-35,57-59H2,1H3,(H,66,81)(H,70,79)(H,71,83)(H,72,82)(H4,60,61,67)(H4,62,63,68)(H4,64,65,69)/t37-,38-,39-,41+,42+,43+,44+/m1/s1. The first-order valence-electron chi connectivity index (χ1n) is 29.2. The van der Waals surface area contributed by atoms with Crippen molar-refractivity contribution in [3.63, 3.8) is 0 Å². The smallest absolute Gasteiger partial charge is 0.227 e. The maximum atomic E-state index is 14.4. The molecule has 5 amide bonds. The van der Waals surface area contributed by atoms with E-state index in [1.165, 1.54) is 24.1 Å². The number of amides is 5. The Morgan fingerprint density at radius 1 is 0.542 bits per heavy atom. The molecular weight excluding hydrogens is 1070 g/mol. The molecule has 1 aromatic carbocycles. The third kappa shape index (κ3) is 29.5. The summed E-state index contributed by atoms with van der Waals surface area (Å²) in [5, 5.41) is 20.7. The number of nitrogens with one attached hydrogen (secondary N) is 4. The van der Waals surface area contributed by atoms with Gasteiger partial charge in [-0.2, -0.15) is 0 Å². The molecule has 0 bridgehead atoms. The fourth-order valence-electron chi connectivity index (χ4n) is 9.93. The van der Waals surface area contributed by atoms with Crippen LogP contribution in [0, 0.1) is 17.8 Å². The zero-order valence-corrected chi connectivity index (χ0v) is 48.7. The van der Waals surface area contributed by atoms with Crippen LogP contribution in [0.1, 0.15) is 147 Å². The third-order valence-electron chi connectivity index (χ3n) is 14.5. The monoisotopic (exact) mass is 1170 g/mol. The molecular formula is C56H97N17O10. The van der Waals surface area contributed by atoms with Crippen LogP contribution >= 0.6 is 0 Å². The van der Waals surface area contributed by atoms with Gasteiger partial charge in [-0.3, -0.25) is 58.1 Å². The van der Waals surface area contributed by atoms with Crippen LogP contribution in [0.25, 0.3) is 0 Å². The lowest BCUT2D eigenvalue weighted by molar-refractivity contribution is -0.138. The van der Waals surface area contributed by atoms with E-state index in [-0.39, 0.29) is 144 Å². The number of nitrogens with two attached hydrogens (primary N) is 9. The van der Waals surface area contributed by atoms with Crippen LogP contribution in [-0.2, 0) is 49.6 Å². The van der Waals surface area contributed by atoms with Gasteiger partial charge in [0.15, 0.2) is 41.0 Å². The van der Waals surface area contributed by atoms with Crippen LogP contribution in [-0.4, -0.2) is 158 Å². The summed E-state index contributed by atoms with van der Waals surface area (Å²) in [4.78, 5) is 139. The van der Waals surface area contributed by atoms with Gasteiger partial charge in [-0.1, -0.05) is 25.0 Å². The molecule has 1 heterocycles. The molecule has 0 aliphatic carbocycles. The topological polar surface area (TPSA) is 496 Å². The van der Waals surface area contributed by atoms with Crippen molar-refractivity contribution in [3.8, 4) is 5.75 Å². The fourth-order valence-corrected chi connectivity index (χ4v) is 9.93. The van der Waals surface area contributed by atoms with Gasteiger partial charge < -0.3 is 82.9 Å². The number of aliphatic imine (C=N–C) groups is 3. The second-order valence-corrected chi connectivity index (χ2v) is 21.2. The number of likely N-dealkylation sites (tertiary alicyclic amines) is 1. The number of hydrogen-bond donors (Lipinski definition) is 14. The average Bonchev–Trinajstić information content (AvgIpc) is 3.95. The van der Waals surface area contributed by atoms with Gasteiger partial charge in [-0.15, -0.1) is 0 Å². The number of phenolic OH excluding ortho intramolecular Hbond substituents is 1. The molecule has 1 aliphatic heterocycles. The summed E-state index contributed by atoms with van der Waals surface area (Å²) in [6.45, 7) is 1.85. The van der Waals surface area contributed by atoms with E-state index in [1.807, 2.05) is 0 Å². The third-order valence-corrected chi connectivity index (χ3v) is 14.5. The molecule has 0 unspecified atom stereocenters. The number of rotatable bonds is 45. The molecule has 466 valence electrons. The zero-order chi connectivity index (χ0) is 61.7. The zero-order valence-electron chi connectivity index (χ0n) is 48.7. The molecule has 0 spiro atoms. The van der Waals surface area contributed by atoms with Crippen LogP contribution in [0.2, 0.25) is 0 Å². The molecule has 1 fully saturated rings. The quantitative estimate of drug-likeness (QED) is 0.0206. The Hall–Kier alpha value is -7.26. The molecule has 27 heteroatoms. The lowest BCUT2D eigenvalue weighted by Crippen LogP contribution is -2.47. The van der Waals surface area contributed by atoms with E-state index in [0.717, 1.165) is 0 Å². The molecule has 0 radical (unpaired) electrons. The van der Waals surface area contributed by atoms with E-state index in [0.29, 0.717) is 96.0 Å². The molecule has 2 rings (SSSR count). The number of guanidine groups is 3. The molecule has 83 heavy (non-hydrogen) atoms. The van der Waals surface area contributed by atoms with E-state index < -0.39 is 77.6 Å². The van der Waals surface area contributed by atoms with E-state index in [1.54, 1.807) is 12.1 Å². The normalized spacial score (nSPS) is 15.0. The molecule has 0 saturated carbocycles. The number of ketones is 4. The van der Waals surface area contributed by atoms with Gasteiger partial charge in [0.05, 0.1) is 30.6 Å². The highest BCUT2D eigenvalue weighted by molar-refractivity contribution is 5.97. The van der Waals surface area contributed by atoms with Crippen LogP contribution < -0.4 is 72.9 Å². The van der Waals surface area contributed by atoms with Crippen molar-refractivity contribution in [1.29, 1.82) is 0 Å². The second-order valence-electron chi connectivity index (χ2n) is 21.2. The van der Waals surface area contributed by atoms with Gasteiger partial charge in [-0.05, 0) is 134 Å². The predicted octanol–water partition coefficient (Wildman–Crippen LogP) is -1.25. The van der Waals surface area contributed by atoms with Gasteiger partial charge in [-0.25, -0.2) is 0 Å². The van der Waals surface area contributed by atoms with Crippen molar-refractivity contribution in [2.45, 2.75) is 172 Å². The van der Waals surface area contributed by atoms with Gasteiger partial charge in [0.2, 0.25) is 29.5 Å². The number of benzene rings is 1. The van der Waals surface area contributed by atoms with E-state index in [2.05, 4.69) is 36.2 Å². The molecule has 0 aromatic heterocycles. The van der Waals surface area contributed by atoms with Crippen LogP contribution in [0.15, 0.2) is 39.2 Å². The lowest BCUT2D eigenvalue weighted by Gasteiger charge is -2.26. The summed E-state index contributed by atoms with van der Waals surface area (Å²) in [6, 6.07) is 2.19. The Balaban J connectivity index is 2.35. The molecule has 7 atom stereocenters. The SMILES string of the molecule is CNC(=O)[C@H](CCCN=C(N)N)CC(=O)[C@H](CCCCN)NC(=O)[C@H](CCCCN)CC(=O)[C@H](CCCN=C(N)N)NC(=O)CCC(=O)[C@H](CCCN=C(N)N)NC(=O)[C@H](CCCCN)CC(=O)[C@@H]1CCCN1C(=O)Cc1ccc(O)cc1. The number of aromatic hydroxyl groups is 1. The van der Waals surface area contributed by atoms with E-state index in [9.17, 15) is 48.3 Å². The van der Waals surface area contributed by atoms with Crippen molar-refractivity contribution in [2.24, 2.45) is 84.3 Å². The van der Waals surface area contributed by atoms with Crippen molar-refractivity contribution in [3.05, 3.63) is 29.8 Å². The summed E-state index contributed by atoms with van der Waals surface area (Å²) in [7, 11) is 1.46. The number of unbranched alkanes of at least 4 members (excludes halogenated alkanes) is 3. The summed E-state index contributed by atoms with van der Waals surface area (Å²) >= 11 is 0. The van der Waals surface area contributed by atoms with Crippen molar-refractivity contribution in [1.82, 2.24) is 26.2 Å². The maximum Gasteiger partial charge on any atom is 0.227 e. The fraction of sp³-hybridized carbons (Fsp3) is 0.679. The molecule has 1 saturated heterocycles. The summed E-state index contributed by atoms with van der Waals surface area (Å²) < 4.78 is 0. The predicted molar refractivity (Wildman–Crippen MR) is 318 cm³/mol. The largest absolute Gasteiger partial charge is 0.508 e. The van der Waals surface area contributed by atoms with Crippen molar-refractivity contribution < 1.29 is 48.3 Å². The van der Waals surface area contributed by atoms with Crippen molar-refractivity contribution >= 4 is 70.5 Å². The summed E-state index contributed by atoms with van der Waals surface area (Å²) in [5.74, 6) is -7.08. The Morgan fingerprint density at radius 2 is 0.964 bits per heavy atom. The minimum Gasteiger partial charge on any atom is -0.508 e. The number of Topliss-reactive ketones (excluding diaryl/α,β-unsaturated/α-hetero) is 4. The van der Waals surface area contributed by atoms with E-state index >= 15 is 0 Å². The summed E-state index contributed by atoms with van der Waals surface area (Å²) in [5.41, 5.74) is 51.2. The highest BCUT2D eigenvalue weighted by Gasteiger charge is 2.37. The Bertz CT molecular complexity index is 2310. The number of phenols is 1. The highest BCUT2D eigenvalue weighted by atomic mass is 16.3. The molecule has 27 nitrogen and oxygen atoms in total. The molecule has 1 aliphatic rings. The lowest BCUT2D eigenvalue weighted by atomic mass is 9.89. The van der Waals surface area contributed by atoms with Crippen molar-refractivity contribution in [2.75, 3.05) is 52.9 Å². The van der Waals surface area contributed by atoms with Gasteiger partial charge in [0, 0.05) is 83.1 Å². The van der Waals surface area contributed by atoms with E-state index in [4.69, 9.17) is 51.6 Å². The second kappa shape index (κ2) is 40.9. The number of carbonyl (C=O) groups excluding carboxylic acids is 9. The Kier molecular flexibility index (Phi) is 35.4. The van der Waals surface area contributed by atoms with Crippen LogP contribution in [0.4, 0.5) is 0 Å². The van der Waals surface area contributed by atoms with Crippen LogP contribution in [0.3, 0.4) is 0 Å². The Morgan fingerprint density at radius 3 is 1.45 bits per heavy atom. The first-order chi connectivity index (χ1) is 39.6. The molecule has 1 aromatic rings. The highest BCUT2D eigenvalue weighted by Crippen LogP contribution is 2.26. The van der Waals surface area contributed by atoms with Crippen LogP contribution in [0.5, 0.6) is 5.75 Å². The molecule has 23 N–H and O–H groups in total. The first-order valence-corrected chi connectivity index (χ1v) is 29.2. The minimum absolute atomic E-state index is 0.0233. The Labute approximate surface area is 488 Å². The average molecular weight is 1170 g/mol. The van der Waals surface area contributed by atoms with Gasteiger partial charge >= 0.3 is 0 Å². The maximum absolute atomic E-state index is 14.4. The van der Waals surface area contributed by atoms with Gasteiger partial charge in [0.1, 0.15) is 5.75 Å². The number of hydrogen-bond acceptors (Lipinski definition) is 16. The summed E-state index contributed by atoms with van der Waals surface area (Å²) in [6.07, 6.45) is 4.69. The number of nitrogens with zero attached hydrogens (tertiary/aromatic N) is 4.